The first-order valence-corrected chi connectivity index (χ1v) is 30.2. The molecular weight excluding hydrogens is 943 g/mol. The van der Waals surface area contributed by atoms with Gasteiger partial charge in [0.2, 0.25) is 5.91 Å². The molecule has 0 saturated carbocycles. The number of allylic oxidation sites excluding steroid dienone is 5. The molecule has 0 radical (unpaired) electrons. The van der Waals surface area contributed by atoms with E-state index in [0.717, 1.165) is 44.9 Å². The minimum Gasteiger partial charge on any atom is -0.394 e. The molecule has 9 N–H and O–H groups in total. The van der Waals surface area contributed by atoms with Crippen LogP contribution in [0.5, 0.6) is 0 Å². The number of aliphatic hydroxyl groups is 8. The van der Waals surface area contributed by atoms with Crippen molar-refractivity contribution in [2.24, 2.45) is 0 Å². The first kappa shape index (κ1) is 68.3. The summed E-state index contributed by atoms with van der Waals surface area (Å²) in [5, 5.41) is 87.0. The lowest BCUT2D eigenvalue weighted by molar-refractivity contribution is -0.359. The van der Waals surface area contributed by atoms with Gasteiger partial charge in [-0.05, 0) is 44.9 Å². The van der Waals surface area contributed by atoms with Gasteiger partial charge >= 0.3 is 0 Å². The summed E-state index contributed by atoms with van der Waals surface area (Å²) in [5.41, 5.74) is 0. The van der Waals surface area contributed by atoms with Gasteiger partial charge in [-0.3, -0.25) is 4.79 Å². The summed E-state index contributed by atoms with van der Waals surface area (Å²) in [4.78, 5) is 13.2. The van der Waals surface area contributed by atoms with Crippen molar-refractivity contribution >= 4 is 5.91 Å². The van der Waals surface area contributed by atoms with Gasteiger partial charge in [-0.1, -0.05) is 230 Å². The fraction of sp³-hybridized carbons (Fsp3) is 0.883. The van der Waals surface area contributed by atoms with E-state index in [0.29, 0.717) is 12.8 Å². The molecule has 1 amide bonds. The topological polar surface area (TPSA) is 228 Å². The summed E-state index contributed by atoms with van der Waals surface area (Å²) in [6.45, 7) is 2.76. The van der Waals surface area contributed by atoms with Crippen LogP contribution in [0.3, 0.4) is 0 Å². The van der Waals surface area contributed by atoms with Gasteiger partial charge in [0.15, 0.2) is 12.6 Å². The second-order valence-electron chi connectivity index (χ2n) is 21.5. The molecule has 14 heteroatoms. The lowest BCUT2D eigenvalue weighted by Gasteiger charge is -2.46. The Morgan fingerprint density at radius 1 is 0.473 bits per heavy atom. The third kappa shape index (κ3) is 31.6. The standard InChI is InChI=1S/C60H111NO13/c1-3-5-7-9-11-13-15-17-19-20-21-22-23-24-25-26-27-28-29-30-32-34-36-38-40-42-44-52(65)61-48(49(64)43-41-39-37-35-33-31-18-16-14-12-10-8-6-4-2)47-71-59-57(70)55(68)58(51(46-63)73-59)74-60-56(69)54(67)53(66)50(45-62)72-60/h14,16,33,35,41,43,48-51,53-60,62-64,66-70H,3-13,15,17-32,34,36-40,42,44-47H2,1-2H3,(H,61,65)/b16-14+,35-33+,43-41+. The zero-order valence-corrected chi connectivity index (χ0v) is 46.6. The van der Waals surface area contributed by atoms with Crippen LogP contribution in [0.2, 0.25) is 0 Å². The summed E-state index contributed by atoms with van der Waals surface area (Å²) in [6.07, 6.45) is 39.1. The number of hydrogen-bond donors (Lipinski definition) is 9. The van der Waals surface area contributed by atoms with Crippen LogP contribution >= 0.6 is 0 Å². The first-order chi connectivity index (χ1) is 36.1. The third-order valence-corrected chi connectivity index (χ3v) is 14.8. The van der Waals surface area contributed by atoms with Gasteiger partial charge in [-0.25, -0.2) is 0 Å². The van der Waals surface area contributed by atoms with Crippen molar-refractivity contribution in [2.75, 3.05) is 19.8 Å². The highest BCUT2D eigenvalue weighted by Crippen LogP contribution is 2.30. The predicted molar refractivity (Wildman–Crippen MR) is 295 cm³/mol. The van der Waals surface area contributed by atoms with E-state index in [9.17, 15) is 45.6 Å². The quantitative estimate of drug-likeness (QED) is 0.0204. The van der Waals surface area contributed by atoms with Gasteiger partial charge in [-0.2, -0.15) is 0 Å². The SMILES string of the molecule is CCCCCC/C=C/CC/C=C/CC/C=C/C(O)C(COC1OC(CO)C(OC2OC(CO)C(O)C(O)C2O)C(O)C1O)NC(=O)CCCCCCCCCCCCCCCCCCCCCCCCCCCC. The lowest BCUT2D eigenvalue weighted by atomic mass is 9.97. The molecule has 12 unspecified atom stereocenters. The number of rotatable bonds is 48. The van der Waals surface area contributed by atoms with Crippen LogP contribution in [0.15, 0.2) is 36.5 Å². The van der Waals surface area contributed by atoms with Crippen LogP contribution in [0.4, 0.5) is 0 Å². The van der Waals surface area contributed by atoms with E-state index < -0.39 is 86.8 Å². The van der Waals surface area contributed by atoms with Crippen LogP contribution in [0.25, 0.3) is 0 Å². The minimum atomic E-state index is -1.79. The molecule has 2 aliphatic rings. The molecule has 14 nitrogen and oxygen atoms in total. The molecule has 0 bridgehead atoms. The molecule has 0 aromatic rings. The maximum atomic E-state index is 13.2. The van der Waals surface area contributed by atoms with Crippen LogP contribution in [-0.4, -0.2) is 140 Å². The normalized spacial score (nSPS) is 25.4. The fourth-order valence-corrected chi connectivity index (χ4v) is 9.91. The zero-order chi connectivity index (χ0) is 53.9. The molecule has 0 aromatic carbocycles. The van der Waals surface area contributed by atoms with Crippen molar-refractivity contribution < 1.29 is 64.6 Å². The Labute approximate surface area is 449 Å². The summed E-state index contributed by atoms with van der Waals surface area (Å²) < 4.78 is 22.7. The Morgan fingerprint density at radius 3 is 1.32 bits per heavy atom. The van der Waals surface area contributed by atoms with Gasteiger partial charge in [0.25, 0.3) is 0 Å². The summed E-state index contributed by atoms with van der Waals surface area (Å²) in [5.74, 6) is -0.250. The fourth-order valence-electron chi connectivity index (χ4n) is 9.91. The molecule has 12 atom stereocenters. The number of unbranched alkanes of at least 4 members (excludes halogenated alkanes) is 31. The molecule has 2 aliphatic heterocycles. The average molecular weight is 1050 g/mol. The number of carbonyl (C=O) groups is 1. The molecule has 0 spiro atoms. The maximum Gasteiger partial charge on any atom is 0.220 e. The van der Waals surface area contributed by atoms with E-state index in [1.807, 2.05) is 6.08 Å². The highest BCUT2D eigenvalue weighted by atomic mass is 16.7. The number of amides is 1. The van der Waals surface area contributed by atoms with Gasteiger partial charge in [0.05, 0.1) is 32.0 Å². The highest BCUT2D eigenvalue weighted by molar-refractivity contribution is 5.76. The van der Waals surface area contributed by atoms with E-state index in [2.05, 4.69) is 43.5 Å². The first-order valence-electron chi connectivity index (χ1n) is 30.2. The van der Waals surface area contributed by atoms with E-state index in [1.165, 1.54) is 167 Å². The van der Waals surface area contributed by atoms with Gasteiger partial charge in [0.1, 0.15) is 48.8 Å². The summed E-state index contributed by atoms with van der Waals surface area (Å²) >= 11 is 0. The molecule has 2 heterocycles. The second kappa shape index (κ2) is 46.2. The third-order valence-electron chi connectivity index (χ3n) is 14.8. The number of hydrogen-bond acceptors (Lipinski definition) is 13. The second-order valence-corrected chi connectivity index (χ2v) is 21.5. The minimum absolute atomic E-state index is 0.250. The van der Waals surface area contributed by atoms with Gasteiger partial charge in [0, 0.05) is 6.42 Å². The largest absolute Gasteiger partial charge is 0.394 e. The van der Waals surface area contributed by atoms with Crippen molar-refractivity contribution in [3.63, 3.8) is 0 Å². The van der Waals surface area contributed by atoms with Crippen LogP contribution in [0.1, 0.15) is 245 Å². The number of nitrogens with one attached hydrogen (secondary N) is 1. The molecule has 0 aliphatic carbocycles. The van der Waals surface area contributed by atoms with Gasteiger partial charge < -0.3 is 65.1 Å². The van der Waals surface area contributed by atoms with E-state index >= 15 is 0 Å². The average Bonchev–Trinajstić information content (AvgIpc) is 3.40. The molecule has 0 aromatic heterocycles. The maximum absolute atomic E-state index is 13.2. The Bertz CT molecular complexity index is 1380. The monoisotopic (exact) mass is 1050 g/mol. The highest BCUT2D eigenvalue weighted by Gasteiger charge is 2.51. The van der Waals surface area contributed by atoms with Crippen molar-refractivity contribution in [2.45, 2.75) is 319 Å². The van der Waals surface area contributed by atoms with E-state index in [1.54, 1.807) is 6.08 Å². The molecular formula is C60H111NO13. The lowest BCUT2D eigenvalue weighted by Crippen LogP contribution is -2.65. The van der Waals surface area contributed by atoms with Gasteiger partial charge in [-0.15, -0.1) is 0 Å². The van der Waals surface area contributed by atoms with Crippen molar-refractivity contribution in [1.82, 2.24) is 5.32 Å². The Balaban J connectivity index is 1.72. The van der Waals surface area contributed by atoms with E-state index in [4.69, 9.17) is 18.9 Å². The molecule has 2 rings (SSSR count). The van der Waals surface area contributed by atoms with Crippen molar-refractivity contribution in [3.8, 4) is 0 Å². The van der Waals surface area contributed by atoms with Crippen LogP contribution in [0, 0.1) is 0 Å². The molecule has 2 saturated heterocycles. The number of aliphatic hydroxyl groups excluding tert-OH is 8. The van der Waals surface area contributed by atoms with Crippen molar-refractivity contribution in [3.05, 3.63) is 36.5 Å². The van der Waals surface area contributed by atoms with Crippen LogP contribution in [-0.2, 0) is 23.7 Å². The predicted octanol–water partition coefficient (Wildman–Crippen LogP) is 10.2. The zero-order valence-electron chi connectivity index (χ0n) is 46.6. The Kier molecular flexibility index (Phi) is 42.6. The molecule has 74 heavy (non-hydrogen) atoms. The Morgan fingerprint density at radius 2 is 0.865 bits per heavy atom. The van der Waals surface area contributed by atoms with Crippen molar-refractivity contribution in [1.29, 1.82) is 0 Å². The van der Waals surface area contributed by atoms with E-state index in [-0.39, 0.29) is 18.9 Å². The Hall–Kier alpha value is -1.79. The summed E-state index contributed by atoms with van der Waals surface area (Å²) in [7, 11) is 0. The number of ether oxygens (including phenoxy) is 4. The molecule has 2 fully saturated rings. The number of carbonyl (C=O) groups excluding carboxylic acids is 1. The summed E-state index contributed by atoms with van der Waals surface area (Å²) in [6, 6.07) is -0.935. The van der Waals surface area contributed by atoms with Crippen LogP contribution < -0.4 is 5.32 Å². The smallest absolute Gasteiger partial charge is 0.220 e. The molecule has 434 valence electrons.